The zero-order valence-corrected chi connectivity index (χ0v) is 15.4. The summed E-state index contributed by atoms with van der Waals surface area (Å²) in [6.45, 7) is 0.404. The topological polar surface area (TPSA) is 113 Å². The van der Waals surface area contributed by atoms with Crippen LogP contribution in [0.5, 0.6) is 0 Å². The van der Waals surface area contributed by atoms with E-state index in [-0.39, 0.29) is 22.9 Å². The monoisotopic (exact) mass is 390 g/mol. The fraction of sp³-hybridized carbons (Fsp3) is 0.500. The largest absolute Gasteiger partial charge is 0.324 e. The summed E-state index contributed by atoms with van der Waals surface area (Å²) in [7, 11) is -0.729. The van der Waals surface area contributed by atoms with Gasteiger partial charge in [0.2, 0.25) is 5.91 Å². The zero-order valence-electron chi connectivity index (χ0n) is 13.8. The highest BCUT2D eigenvalue weighted by atomic mass is 35.5. The van der Waals surface area contributed by atoms with Gasteiger partial charge in [-0.25, -0.2) is 0 Å². The molecular weight excluding hydrogens is 372 g/mol. The molecule has 1 fully saturated rings. The van der Waals surface area contributed by atoms with E-state index in [9.17, 15) is 23.3 Å². The van der Waals surface area contributed by atoms with E-state index in [0.717, 1.165) is 4.31 Å². The van der Waals surface area contributed by atoms with Crippen LogP contribution in [0.25, 0.3) is 0 Å². The number of nitrogens with one attached hydrogen (secondary N) is 1. The minimum atomic E-state index is -3.59. The second-order valence-electron chi connectivity index (χ2n) is 5.90. The van der Waals surface area contributed by atoms with Crippen molar-refractivity contribution in [3.05, 3.63) is 33.3 Å². The van der Waals surface area contributed by atoms with Crippen molar-refractivity contribution in [3.8, 4) is 0 Å². The number of anilines is 1. The molecule has 1 aliphatic rings. The first-order valence-electron chi connectivity index (χ1n) is 7.55. The molecule has 1 amide bonds. The van der Waals surface area contributed by atoms with E-state index in [1.54, 1.807) is 0 Å². The first kappa shape index (κ1) is 19.6. The number of halogens is 1. The van der Waals surface area contributed by atoms with Crippen LogP contribution in [0.1, 0.15) is 12.8 Å². The minimum Gasteiger partial charge on any atom is -0.324 e. The number of benzene rings is 1. The van der Waals surface area contributed by atoms with Gasteiger partial charge >= 0.3 is 0 Å². The molecule has 1 aliphatic heterocycles. The minimum absolute atomic E-state index is 0.0545. The van der Waals surface area contributed by atoms with E-state index in [0.29, 0.717) is 19.4 Å². The Morgan fingerprint density at radius 1 is 1.44 bits per heavy atom. The van der Waals surface area contributed by atoms with Gasteiger partial charge in [0, 0.05) is 39.3 Å². The predicted octanol–water partition coefficient (Wildman–Crippen LogP) is 1.71. The van der Waals surface area contributed by atoms with Crippen LogP contribution in [0.3, 0.4) is 0 Å². The number of non-ortho nitro benzene ring substituents is 1. The van der Waals surface area contributed by atoms with Gasteiger partial charge in [0.05, 0.1) is 21.6 Å². The number of hydrogen-bond acceptors (Lipinski definition) is 5. The maximum Gasteiger partial charge on any atom is 0.281 e. The van der Waals surface area contributed by atoms with Crippen molar-refractivity contribution in [2.75, 3.05) is 32.5 Å². The van der Waals surface area contributed by atoms with E-state index < -0.39 is 27.0 Å². The van der Waals surface area contributed by atoms with Crippen LogP contribution in [0.2, 0.25) is 5.02 Å². The van der Waals surface area contributed by atoms with Gasteiger partial charge < -0.3 is 5.32 Å². The summed E-state index contributed by atoms with van der Waals surface area (Å²) in [4.78, 5) is 22.7. The van der Waals surface area contributed by atoms with Crippen molar-refractivity contribution < 1.29 is 18.1 Å². The van der Waals surface area contributed by atoms with Crippen LogP contribution < -0.4 is 5.32 Å². The van der Waals surface area contributed by atoms with E-state index >= 15 is 0 Å². The van der Waals surface area contributed by atoms with Crippen LogP contribution in [0.4, 0.5) is 11.4 Å². The lowest BCUT2D eigenvalue weighted by molar-refractivity contribution is -0.384. The van der Waals surface area contributed by atoms with Crippen molar-refractivity contribution in [1.82, 2.24) is 8.61 Å². The molecule has 11 heteroatoms. The highest BCUT2D eigenvalue weighted by Crippen LogP contribution is 2.28. The molecule has 0 saturated carbocycles. The lowest BCUT2D eigenvalue weighted by atomic mass is 9.98. The van der Waals surface area contributed by atoms with Crippen molar-refractivity contribution in [3.63, 3.8) is 0 Å². The van der Waals surface area contributed by atoms with Crippen LogP contribution in [-0.2, 0) is 15.0 Å². The molecular formula is C14H19ClN4O5S. The normalized spacial score (nSPS) is 19.0. The lowest BCUT2D eigenvalue weighted by Gasteiger charge is -2.32. The molecule has 138 valence electrons. The Morgan fingerprint density at radius 2 is 2.12 bits per heavy atom. The van der Waals surface area contributed by atoms with Gasteiger partial charge in [-0.05, 0) is 18.9 Å². The summed E-state index contributed by atoms with van der Waals surface area (Å²) < 4.78 is 26.8. The number of piperidine rings is 1. The first-order valence-corrected chi connectivity index (χ1v) is 9.33. The Balaban J connectivity index is 2.13. The molecule has 9 nitrogen and oxygen atoms in total. The number of nitro groups is 1. The Morgan fingerprint density at radius 3 is 2.72 bits per heavy atom. The zero-order chi connectivity index (χ0) is 18.8. The summed E-state index contributed by atoms with van der Waals surface area (Å²) in [5.41, 5.74) is -0.0615. The van der Waals surface area contributed by atoms with Gasteiger partial charge in [0.15, 0.2) is 0 Å². The molecule has 0 bridgehead atoms. The summed E-state index contributed by atoms with van der Waals surface area (Å²) >= 11 is 5.98. The van der Waals surface area contributed by atoms with Gasteiger partial charge in [-0.3, -0.25) is 14.9 Å². The Kier molecular flexibility index (Phi) is 5.99. The third-order valence-corrected chi connectivity index (χ3v) is 6.20. The quantitative estimate of drug-likeness (QED) is 0.607. The number of amides is 1. The number of hydrogen-bond donors (Lipinski definition) is 1. The Hall–Kier alpha value is -1.75. The highest BCUT2D eigenvalue weighted by molar-refractivity contribution is 7.86. The van der Waals surface area contributed by atoms with Crippen molar-refractivity contribution in [2.24, 2.45) is 5.92 Å². The number of nitrogens with zero attached hydrogens (tertiary/aromatic N) is 3. The second-order valence-corrected chi connectivity index (χ2v) is 8.45. The number of carbonyl (C=O) groups excluding carboxylic acids is 1. The van der Waals surface area contributed by atoms with Crippen molar-refractivity contribution in [2.45, 2.75) is 12.8 Å². The summed E-state index contributed by atoms with van der Waals surface area (Å²) in [5, 5.41) is 13.6. The van der Waals surface area contributed by atoms with Gasteiger partial charge in [-0.15, -0.1) is 0 Å². The highest BCUT2D eigenvalue weighted by Gasteiger charge is 2.33. The molecule has 1 aromatic rings. The number of rotatable bonds is 5. The average molecular weight is 391 g/mol. The lowest BCUT2D eigenvalue weighted by Crippen LogP contribution is -2.47. The molecule has 1 N–H and O–H groups in total. The molecule has 1 atom stereocenters. The third kappa shape index (κ3) is 4.46. The van der Waals surface area contributed by atoms with Gasteiger partial charge in [0.1, 0.15) is 0 Å². The first-order chi connectivity index (χ1) is 11.6. The van der Waals surface area contributed by atoms with Crippen molar-refractivity contribution >= 4 is 39.1 Å². The standard InChI is InChI=1S/C14H19ClN4O5S/c1-17(2)25(23,24)18-7-3-4-10(9-18)14(20)16-13-8-11(19(21)22)5-6-12(13)15/h5-6,8,10H,3-4,7,9H2,1-2H3,(H,16,20)/t10-/m0/s1. The predicted molar refractivity (Wildman–Crippen MR) is 93.6 cm³/mol. The van der Waals surface area contributed by atoms with Crippen LogP contribution >= 0.6 is 11.6 Å². The van der Waals surface area contributed by atoms with E-state index in [2.05, 4.69) is 5.32 Å². The van der Waals surface area contributed by atoms with Gasteiger partial charge in [-0.2, -0.15) is 17.0 Å². The Bertz CT molecular complexity index is 783. The summed E-state index contributed by atoms with van der Waals surface area (Å²) in [5.74, 6) is -0.972. The maximum absolute atomic E-state index is 12.5. The fourth-order valence-electron chi connectivity index (χ4n) is 2.55. The molecule has 0 spiro atoms. The molecule has 0 radical (unpaired) electrons. The molecule has 0 aliphatic carbocycles. The maximum atomic E-state index is 12.5. The molecule has 2 rings (SSSR count). The van der Waals surface area contributed by atoms with Crippen LogP contribution in [0.15, 0.2) is 18.2 Å². The van der Waals surface area contributed by atoms with Crippen LogP contribution in [0, 0.1) is 16.0 Å². The molecule has 1 aromatic carbocycles. The smallest absolute Gasteiger partial charge is 0.281 e. The van der Waals surface area contributed by atoms with E-state index in [4.69, 9.17) is 11.6 Å². The van der Waals surface area contributed by atoms with Gasteiger partial charge in [-0.1, -0.05) is 11.6 Å². The molecule has 25 heavy (non-hydrogen) atoms. The number of carbonyl (C=O) groups is 1. The Labute approximate surface area is 150 Å². The SMILES string of the molecule is CN(C)S(=O)(=O)N1CCC[C@H](C(=O)Nc2cc([N+](=O)[O-])ccc2Cl)C1. The average Bonchev–Trinajstić information content (AvgIpc) is 2.56. The van der Waals surface area contributed by atoms with Crippen molar-refractivity contribution in [1.29, 1.82) is 0 Å². The van der Waals surface area contributed by atoms with Crippen LogP contribution in [-0.4, -0.2) is 55.0 Å². The summed E-state index contributed by atoms with van der Waals surface area (Å²) in [6, 6.07) is 3.75. The fourth-order valence-corrected chi connectivity index (χ4v) is 3.91. The van der Waals surface area contributed by atoms with E-state index in [1.165, 1.54) is 36.6 Å². The third-order valence-electron chi connectivity index (χ3n) is 3.96. The second kappa shape index (κ2) is 7.65. The van der Waals surface area contributed by atoms with E-state index in [1.807, 2.05) is 0 Å². The molecule has 1 saturated heterocycles. The molecule has 0 aromatic heterocycles. The molecule has 1 heterocycles. The number of nitro benzene ring substituents is 1. The molecule has 0 unspecified atom stereocenters. The van der Waals surface area contributed by atoms with Gasteiger partial charge in [0.25, 0.3) is 15.9 Å². The summed E-state index contributed by atoms with van der Waals surface area (Å²) in [6.07, 6.45) is 1.08.